The van der Waals surface area contributed by atoms with Gasteiger partial charge in [-0.1, -0.05) is 0 Å². The van der Waals surface area contributed by atoms with Crippen LogP contribution in [0, 0.1) is 17.5 Å². The molecular formula is C12H15F3N2O3. The van der Waals surface area contributed by atoms with Crippen LogP contribution in [0.25, 0.3) is 0 Å². The van der Waals surface area contributed by atoms with E-state index in [0.717, 1.165) is 11.0 Å². The summed E-state index contributed by atoms with van der Waals surface area (Å²) in [5.41, 5.74) is -0.478. The fraction of sp³-hybridized carbons (Fsp3) is 0.417. The summed E-state index contributed by atoms with van der Waals surface area (Å²) in [5.74, 6) is -4.48. The summed E-state index contributed by atoms with van der Waals surface area (Å²) in [4.78, 5) is 13.0. The molecule has 8 heteroatoms. The number of methoxy groups -OCH3 is 1. The lowest BCUT2D eigenvalue weighted by Gasteiger charge is -2.22. The lowest BCUT2D eigenvalue weighted by atomic mass is 10.3. The van der Waals surface area contributed by atoms with Crippen LogP contribution in [0.3, 0.4) is 0 Å². The minimum atomic E-state index is -1.66. The molecule has 0 heterocycles. The third kappa shape index (κ3) is 4.10. The van der Waals surface area contributed by atoms with E-state index in [4.69, 9.17) is 9.84 Å². The van der Waals surface area contributed by atoms with Crippen molar-refractivity contribution in [1.82, 2.24) is 4.90 Å². The van der Waals surface area contributed by atoms with E-state index in [1.165, 1.54) is 7.11 Å². The summed E-state index contributed by atoms with van der Waals surface area (Å²) < 4.78 is 44.0. The highest BCUT2D eigenvalue weighted by Crippen LogP contribution is 2.19. The van der Waals surface area contributed by atoms with Crippen molar-refractivity contribution >= 4 is 11.7 Å². The van der Waals surface area contributed by atoms with Gasteiger partial charge in [-0.3, -0.25) is 0 Å². The molecule has 0 aliphatic heterocycles. The zero-order valence-corrected chi connectivity index (χ0v) is 10.8. The number of carbonyl (C=O) groups is 1. The highest BCUT2D eigenvalue weighted by atomic mass is 19.2. The average molecular weight is 292 g/mol. The molecule has 5 nitrogen and oxygen atoms in total. The van der Waals surface area contributed by atoms with Gasteiger partial charge in [0, 0.05) is 20.2 Å². The van der Waals surface area contributed by atoms with Crippen molar-refractivity contribution in [3.63, 3.8) is 0 Å². The van der Waals surface area contributed by atoms with Gasteiger partial charge in [-0.25, -0.2) is 18.0 Å². The molecule has 0 fully saturated rings. The quantitative estimate of drug-likeness (QED) is 0.783. The molecule has 0 aliphatic rings. The lowest BCUT2D eigenvalue weighted by molar-refractivity contribution is 0.142. The number of hydrogen-bond acceptors (Lipinski definition) is 3. The first kappa shape index (κ1) is 16.3. The summed E-state index contributed by atoms with van der Waals surface area (Å²) in [6.45, 7) is 0.0831. The SMILES string of the molecule is COCCN(CCO)C(=O)Nc1ccc(F)c(F)c1F. The molecule has 1 rings (SSSR count). The Morgan fingerprint density at radius 2 is 2.00 bits per heavy atom. The van der Waals surface area contributed by atoms with Crippen LogP contribution in [0.5, 0.6) is 0 Å². The molecule has 20 heavy (non-hydrogen) atoms. The summed E-state index contributed by atoms with van der Waals surface area (Å²) in [6.07, 6.45) is 0. The summed E-state index contributed by atoms with van der Waals surface area (Å²) in [7, 11) is 1.43. The highest BCUT2D eigenvalue weighted by Gasteiger charge is 2.18. The van der Waals surface area contributed by atoms with Gasteiger partial charge in [-0.15, -0.1) is 0 Å². The van der Waals surface area contributed by atoms with Crippen LogP contribution in [0.2, 0.25) is 0 Å². The maximum Gasteiger partial charge on any atom is 0.322 e. The molecule has 2 amide bonds. The Hall–Kier alpha value is -1.80. The number of aliphatic hydroxyl groups excluding tert-OH is 1. The molecule has 0 saturated carbocycles. The van der Waals surface area contributed by atoms with Crippen molar-refractivity contribution in [3.05, 3.63) is 29.6 Å². The predicted molar refractivity (Wildman–Crippen MR) is 65.9 cm³/mol. The zero-order valence-electron chi connectivity index (χ0n) is 10.8. The van der Waals surface area contributed by atoms with Crippen LogP contribution in [0.1, 0.15) is 0 Å². The molecule has 0 saturated heterocycles. The Morgan fingerprint density at radius 3 is 2.60 bits per heavy atom. The maximum atomic E-state index is 13.4. The van der Waals surface area contributed by atoms with Crippen molar-refractivity contribution in [2.24, 2.45) is 0 Å². The number of halogens is 3. The molecule has 0 spiro atoms. The van der Waals surface area contributed by atoms with Crippen molar-refractivity contribution in [3.8, 4) is 0 Å². The Labute approximate surface area is 113 Å². The van der Waals surface area contributed by atoms with Gasteiger partial charge >= 0.3 is 6.03 Å². The van der Waals surface area contributed by atoms with Gasteiger partial charge in [-0.05, 0) is 12.1 Å². The second-order valence-corrected chi connectivity index (χ2v) is 3.86. The average Bonchev–Trinajstić information content (AvgIpc) is 2.44. The number of hydrogen-bond donors (Lipinski definition) is 2. The number of anilines is 1. The highest BCUT2D eigenvalue weighted by molar-refractivity contribution is 5.89. The first-order valence-corrected chi connectivity index (χ1v) is 5.80. The van der Waals surface area contributed by atoms with E-state index in [0.29, 0.717) is 6.07 Å². The largest absolute Gasteiger partial charge is 0.395 e. The number of carbonyl (C=O) groups excluding carboxylic acids is 1. The number of nitrogens with one attached hydrogen (secondary N) is 1. The van der Waals surface area contributed by atoms with E-state index in [2.05, 4.69) is 5.32 Å². The van der Waals surface area contributed by atoms with Gasteiger partial charge in [0.1, 0.15) is 0 Å². The van der Waals surface area contributed by atoms with Gasteiger partial charge in [-0.2, -0.15) is 0 Å². The Morgan fingerprint density at radius 1 is 1.30 bits per heavy atom. The molecule has 1 aromatic rings. The summed E-state index contributed by atoms with van der Waals surface area (Å²) >= 11 is 0. The van der Waals surface area contributed by atoms with Crippen LogP contribution in [-0.2, 0) is 4.74 Å². The van der Waals surface area contributed by atoms with Crippen molar-refractivity contribution < 1.29 is 27.8 Å². The van der Waals surface area contributed by atoms with E-state index in [1.54, 1.807) is 0 Å². The van der Waals surface area contributed by atoms with E-state index in [9.17, 15) is 18.0 Å². The molecule has 2 N–H and O–H groups in total. The Balaban J connectivity index is 2.79. The molecule has 0 unspecified atom stereocenters. The first-order valence-electron chi connectivity index (χ1n) is 5.80. The lowest BCUT2D eigenvalue weighted by Crippen LogP contribution is -2.39. The number of ether oxygens (including phenoxy) is 1. The fourth-order valence-corrected chi connectivity index (χ4v) is 1.45. The number of benzene rings is 1. The van der Waals surface area contributed by atoms with Crippen molar-refractivity contribution in [1.29, 1.82) is 0 Å². The van der Waals surface area contributed by atoms with Crippen LogP contribution in [0.15, 0.2) is 12.1 Å². The van der Waals surface area contributed by atoms with E-state index < -0.39 is 29.2 Å². The van der Waals surface area contributed by atoms with Gasteiger partial charge < -0.3 is 20.1 Å². The van der Waals surface area contributed by atoms with Gasteiger partial charge in [0.25, 0.3) is 0 Å². The van der Waals surface area contributed by atoms with E-state index in [1.807, 2.05) is 0 Å². The minimum absolute atomic E-state index is 0.000485. The van der Waals surface area contributed by atoms with Gasteiger partial charge in [0.2, 0.25) is 0 Å². The van der Waals surface area contributed by atoms with Gasteiger partial charge in [0.15, 0.2) is 17.5 Å². The Bertz CT molecular complexity index is 472. The number of aliphatic hydroxyl groups is 1. The first-order chi connectivity index (χ1) is 9.51. The van der Waals surface area contributed by atoms with Crippen molar-refractivity contribution in [2.45, 2.75) is 0 Å². The minimum Gasteiger partial charge on any atom is -0.395 e. The van der Waals surface area contributed by atoms with Gasteiger partial charge in [0.05, 0.1) is 18.9 Å². The molecule has 112 valence electrons. The molecule has 0 aliphatic carbocycles. The second-order valence-electron chi connectivity index (χ2n) is 3.86. The van der Waals surface area contributed by atoms with Crippen LogP contribution in [0.4, 0.5) is 23.7 Å². The van der Waals surface area contributed by atoms with Crippen molar-refractivity contribution in [2.75, 3.05) is 38.7 Å². The fourth-order valence-electron chi connectivity index (χ4n) is 1.45. The number of rotatable bonds is 6. The molecule has 0 atom stereocenters. The molecule has 0 radical (unpaired) electrons. The maximum absolute atomic E-state index is 13.4. The topological polar surface area (TPSA) is 61.8 Å². The monoisotopic (exact) mass is 292 g/mol. The summed E-state index contributed by atoms with van der Waals surface area (Å²) in [5, 5.41) is 11.0. The molecule has 1 aromatic carbocycles. The van der Waals surface area contributed by atoms with Crippen LogP contribution in [-0.4, -0.2) is 49.5 Å². The molecule has 0 bridgehead atoms. The molecular weight excluding hydrogens is 277 g/mol. The smallest absolute Gasteiger partial charge is 0.322 e. The normalized spacial score (nSPS) is 10.4. The predicted octanol–water partition coefficient (Wildman–Crippen LogP) is 1.58. The zero-order chi connectivity index (χ0) is 15.1. The summed E-state index contributed by atoms with van der Waals surface area (Å²) in [6, 6.07) is 0.875. The standard InChI is InChI=1S/C12H15F3N2O3/c1-20-7-5-17(4-6-18)12(19)16-9-3-2-8(13)10(14)11(9)15/h2-3,18H,4-7H2,1H3,(H,16,19). The number of nitrogens with zero attached hydrogens (tertiary/aromatic N) is 1. The van der Waals surface area contributed by atoms with Crippen LogP contribution < -0.4 is 5.32 Å². The third-order valence-electron chi connectivity index (χ3n) is 2.50. The second kappa shape index (κ2) is 7.71. The van der Waals surface area contributed by atoms with E-state index >= 15 is 0 Å². The number of amides is 2. The van der Waals surface area contributed by atoms with Crippen LogP contribution >= 0.6 is 0 Å². The Kier molecular flexibility index (Phi) is 6.26. The number of urea groups is 1. The molecule has 0 aromatic heterocycles. The third-order valence-corrected chi connectivity index (χ3v) is 2.50. The van der Waals surface area contributed by atoms with E-state index in [-0.39, 0.29) is 26.3 Å².